The van der Waals surface area contributed by atoms with E-state index in [2.05, 4.69) is 15.9 Å². The van der Waals surface area contributed by atoms with Gasteiger partial charge in [0.1, 0.15) is 0 Å². The molecule has 0 bridgehead atoms. The number of nitrogens with two attached hydrogens (primary N) is 1. The lowest BCUT2D eigenvalue weighted by Gasteiger charge is -2.26. The minimum Gasteiger partial charge on any atom is -0.369 e. The summed E-state index contributed by atoms with van der Waals surface area (Å²) in [7, 11) is 0. The highest BCUT2D eigenvalue weighted by Gasteiger charge is 2.25. The van der Waals surface area contributed by atoms with Crippen LogP contribution in [0.2, 0.25) is 0 Å². The van der Waals surface area contributed by atoms with E-state index < -0.39 is 0 Å². The second-order valence-electron chi connectivity index (χ2n) is 5.24. The molecule has 2 N–H and O–H groups in total. The number of nitrogens with zero attached hydrogens (tertiary/aromatic N) is 1. The van der Waals surface area contributed by atoms with Crippen LogP contribution in [-0.2, 0) is 4.79 Å². The van der Waals surface area contributed by atoms with E-state index in [0.717, 1.165) is 30.2 Å². The molecule has 0 atom stereocenters. The molecule has 1 aromatic rings. The van der Waals surface area contributed by atoms with Gasteiger partial charge in [-0.3, -0.25) is 14.5 Å². The number of carbonyl (C=O) groups excluding carboxylic acids is 2. The molecule has 108 valence electrons. The molecule has 1 amide bonds. The van der Waals surface area contributed by atoms with E-state index in [-0.39, 0.29) is 24.8 Å². The summed E-state index contributed by atoms with van der Waals surface area (Å²) in [6.45, 7) is 0.411. The van der Waals surface area contributed by atoms with Crippen molar-refractivity contribution in [1.29, 1.82) is 0 Å². The fourth-order valence-corrected chi connectivity index (χ4v) is 3.12. The summed E-state index contributed by atoms with van der Waals surface area (Å²) >= 11 is 3.36. The average molecular weight is 339 g/mol. The van der Waals surface area contributed by atoms with Crippen LogP contribution in [0.4, 0.5) is 0 Å². The predicted octanol–water partition coefficient (Wildman–Crippen LogP) is 2.36. The van der Waals surface area contributed by atoms with E-state index in [1.807, 2.05) is 17.0 Å². The molecule has 0 spiro atoms. The van der Waals surface area contributed by atoms with Crippen LogP contribution in [0.5, 0.6) is 0 Å². The van der Waals surface area contributed by atoms with Crippen LogP contribution >= 0.6 is 15.9 Å². The second kappa shape index (κ2) is 6.99. The van der Waals surface area contributed by atoms with Crippen molar-refractivity contribution in [3.63, 3.8) is 0 Å². The van der Waals surface area contributed by atoms with Gasteiger partial charge in [0.05, 0.1) is 13.1 Å². The van der Waals surface area contributed by atoms with Gasteiger partial charge in [0, 0.05) is 16.1 Å². The molecule has 1 aliphatic carbocycles. The number of benzene rings is 1. The van der Waals surface area contributed by atoms with E-state index >= 15 is 0 Å². The Morgan fingerprint density at radius 1 is 1.25 bits per heavy atom. The Hall–Kier alpha value is -1.20. The van der Waals surface area contributed by atoms with Gasteiger partial charge in [0.2, 0.25) is 5.91 Å². The number of halogens is 1. The van der Waals surface area contributed by atoms with E-state index in [0.29, 0.717) is 11.6 Å². The zero-order valence-electron chi connectivity index (χ0n) is 11.3. The Kier molecular flexibility index (Phi) is 5.31. The maximum atomic E-state index is 12.3. The SMILES string of the molecule is NC(=O)CN(CC(=O)c1cccc(Br)c1)C1CCCC1. The number of rotatable bonds is 6. The zero-order valence-corrected chi connectivity index (χ0v) is 12.9. The fraction of sp³-hybridized carbons (Fsp3) is 0.467. The minimum absolute atomic E-state index is 0.0273. The summed E-state index contributed by atoms with van der Waals surface area (Å²) in [5, 5.41) is 0. The third-order valence-electron chi connectivity index (χ3n) is 3.69. The number of hydrogen-bond donors (Lipinski definition) is 1. The standard InChI is InChI=1S/C15H19BrN2O2/c16-12-5-3-4-11(8-12)14(19)9-18(10-15(17)20)13-6-1-2-7-13/h3-5,8,13H,1-2,6-7,9-10H2,(H2,17,20). The molecule has 0 radical (unpaired) electrons. The van der Waals surface area contributed by atoms with Crippen molar-refractivity contribution in [2.45, 2.75) is 31.7 Å². The molecule has 5 heteroatoms. The number of hydrogen-bond acceptors (Lipinski definition) is 3. The predicted molar refractivity (Wildman–Crippen MR) is 81.5 cm³/mol. The van der Waals surface area contributed by atoms with E-state index in [1.54, 1.807) is 12.1 Å². The first-order valence-corrected chi connectivity index (χ1v) is 7.66. The average Bonchev–Trinajstić information content (AvgIpc) is 2.91. The van der Waals surface area contributed by atoms with Crippen LogP contribution in [0.1, 0.15) is 36.0 Å². The summed E-state index contributed by atoms with van der Waals surface area (Å²) < 4.78 is 0.880. The number of carbonyl (C=O) groups is 2. The molecular weight excluding hydrogens is 320 g/mol. The molecule has 0 unspecified atom stereocenters. The molecule has 1 fully saturated rings. The molecule has 2 rings (SSSR count). The van der Waals surface area contributed by atoms with Crippen molar-refractivity contribution in [3.8, 4) is 0 Å². The lowest BCUT2D eigenvalue weighted by atomic mass is 10.1. The van der Waals surface area contributed by atoms with Crippen LogP contribution in [0.15, 0.2) is 28.7 Å². The van der Waals surface area contributed by atoms with Gasteiger partial charge < -0.3 is 5.73 Å². The van der Waals surface area contributed by atoms with Gasteiger partial charge in [0.25, 0.3) is 0 Å². The van der Waals surface area contributed by atoms with Crippen molar-refractivity contribution >= 4 is 27.6 Å². The molecule has 1 saturated carbocycles. The molecule has 20 heavy (non-hydrogen) atoms. The normalized spacial score (nSPS) is 15.7. The zero-order chi connectivity index (χ0) is 14.5. The summed E-state index contributed by atoms with van der Waals surface area (Å²) in [5.41, 5.74) is 5.96. The Morgan fingerprint density at radius 2 is 1.95 bits per heavy atom. The topological polar surface area (TPSA) is 63.4 Å². The van der Waals surface area contributed by atoms with E-state index in [4.69, 9.17) is 5.73 Å². The lowest BCUT2D eigenvalue weighted by molar-refractivity contribution is -0.119. The Labute approximate surface area is 127 Å². The Bertz CT molecular complexity index is 498. The van der Waals surface area contributed by atoms with Crippen molar-refractivity contribution in [3.05, 3.63) is 34.3 Å². The molecule has 0 heterocycles. The summed E-state index contributed by atoms with van der Waals surface area (Å²) in [6, 6.07) is 7.63. The number of primary amides is 1. The third-order valence-corrected chi connectivity index (χ3v) is 4.19. The number of Topliss-reactive ketones (excluding diaryl/α,β-unsaturated/α-hetero) is 1. The first kappa shape index (κ1) is 15.2. The number of ketones is 1. The van der Waals surface area contributed by atoms with Gasteiger partial charge in [-0.05, 0) is 25.0 Å². The first-order chi connectivity index (χ1) is 9.56. The first-order valence-electron chi connectivity index (χ1n) is 6.87. The van der Waals surface area contributed by atoms with Crippen molar-refractivity contribution in [1.82, 2.24) is 4.90 Å². The van der Waals surface area contributed by atoms with Crippen LogP contribution in [0.3, 0.4) is 0 Å². The Balaban J connectivity index is 2.06. The van der Waals surface area contributed by atoms with Gasteiger partial charge in [0.15, 0.2) is 5.78 Å². The van der Waals surface area contributed by atoms with Gasteiger partial charge >= 0.3 is 0 Å². The molecule has 4 nitrogen and oxygen atoms in total. The van der Waals surface area contributed by atoms with Crippen LogP contribution in [0.25, 0.3) is 0 Å². The molecule has 0 aromatic heterocycles. The maximum Gasteiger partial charge on any atom is 0.231 e. The highest BCUT2D eigenvalue weighted by Crippen LogP contribution is 2.23. The van der Waals surface area contributed by atoms with Crippen molar-refractivity contribution in [2.75, 3.05) is 13.1 Å². The maximum absolute atomic E-state index is 12.3. The van der Waals surface area contributed by atoms with Crippen LogP contribution in [0, 0.1) is 0 Å². The van der Waals surface area contributed by atoms with Crippen LogP contribution in [-0.4, -0.2) is 35.7 Å². The van der Waals surface area contributed by atoms with Crippen molar-refractivity contribution in [2.24, 2.45) is 5.73 Å². The van der Waals surface area contributed by atoms with Gasteiger partial charge in [-0.1, -0.05) is 40.9 Å². The summed E-state index contributed by atoms with van der Waals surface area (Å²) in [4.78, 5) is 25.5. The van der Waals surface area contributed by atoms with Gasteiger partial charge in [-0.25, -0.2) is 0 Å². The smallest absolute Gasteiger partial charge is 0.231 e. The lowest BCUT2D eigenvalue weighted by Crippen LogP contribution is -2.43. The summed E-state index contributed by atoms with van der Waals surface area (Å²) in [6.07, 6.45) is 4.40. The highest BCUT2D eigenvalue weighted by molar-refractivity contribution is 9.10. The molecule has 1 aromatic carbocycles. The van der Waals surface area contributed by atoms with Crippen molar-refractivity contribution < 1.29 is 9.59 Å². The quantitative estimate of drug-likeness (QED) is 0.810. The number of amides is 1. The van der Waals surface area contributed by atoms with E-state index in [9.17, 15) is 9.59 Å². The second-order valence-corrected chi connectivity index (χ2v) is 6.16. The molecule has 0 aliphatic heterocycles. The fourth-order valence-electron chi connectivity index (χ4n) is 2.72. The van der Waals surface area contributed by atoms with E-state index in [1.165, 1.54) is 0 Å². The van der Waals surface area contributed by atoms with Gasteiger partial charge in [-0.2, -0.15) is 0 Å². The summed E-state index contributed by atoms with van der Waals surface area (Å²) in [5.74, 6) is -0.349. The monoisotopic (exact) mass is 338 g/mol. The van der Waals surface area contributed by atoms with Crippen LogP contribution < -0.4 is 5.73 Å². The third kappa shape index (κ3) is 4.15. The highest BCUT2D eigenvalue weighted by atomic mass is 79.9. The largest absolute Gasteiger partial charge is 0.369 e. The molecule has 0 saturated heterocycles. The van der Waals surface area contributed by atoms with Gasteiger partial charge in [-0.15, -0.1) is 0 Å². The Morgan fingerprint density at radius 3 is 2.55 bits per heavy atom. The minimum atomic E-state index is -0.376. The molecule has 1 aliphatic rings. The molecular formula is C15H19BrN2O2.